The molecule has 1 aliphatic heterocycles. The Morgan fingerprint density at radius 3 is 2.79 bits per heavy atom. The van der Waals surface area contributed by atoms with Gasteiger partial charge < -0.3 is 14.2 Å². The first-order valence-corrected chi connectivity index (χ1v) is 7.11. The Kier molecular flexibility index (Phi) is 4.58. The first-order valence-electron chi connectivity index (χ1n) is 6.58. The molecule has 0 aliphatic carbocycles. The maximum Gasteiger partial charge on any atom is 0.165 e. The highest BCUT2D eigenvalue weighted by Gasteiger charge is 2.32. The van der Waals surface area contributed by atoms with Crippen molar-refractivity contribution in [2.45, 2.75) is 44.3 Å². The molecule has 19 heavy (non-hydrogen) atoms. The average molecular weight is 285 g/mol. The van der Waals surface area contributed by atoms with E-state index in [1.807, 2.05) is 18.2 Å². The van der Waals surface area contributed by atoms with Crippen LogP contribution < -0.4 is 9.47 Å². The maximum absolute atomic E-state index is 5.93. The second kappa shape index (κ2) is 6.02. The highest BCUT2D eigenvalue weighted by molar-refractivity contribution is 6.17. The fraction of sp³-hybridized carbons (Fsp3) is 0.600. The number of halogens is 1. The van der Waals surface area contributed by atoms with Crippen LogP contribution in [0.4, 0.5) is 0 Å². The van der Waals surface area contributed by atoms with Gasteiger partial charge in [0.1, 0.15) is 6.61 Å². The van der Waals surface area contributed by atoms with Gasteiger partial charge in [0.05, 0.1) is 24.7 Å². The normalized spacial score (nSPS) is 21.4. The van der Waals surface area contributed by atoms with E-state index >= 15 is 0 Å². The molecule has 1 aliphatic rings. The molecule has 0 saturated carbocycles. The molecule has 1 unspecified atom stereocenters. The zero-order chi connectivity index (χ0) is 13.9. The molecule has 2 rings (SSSR count). The number of benzene rings is 1. The number of hydrogen-bond acceptors (Lipinski definition) is 3. The first-order chi connectivity index (χ1) is 9.05. The molecule has 1 fully saturated rings. The van der Waals surface area contributed by atoms with Crippen molar-refractivity contribution in [2.75, 3.05) is 13.7 Å². The highest BCUT2D eigenvalue weighted by atomic mass is 35.5. The Morgan fingerprint density at radius 1 is 1.42 bits per heavy atom. The van der Waals surface area contributed by atoms with Gasteiger partial charge in [-0.25, -0.2) is 0 Å². The van der Waals surface area contributed by atoms with Crippen molar-refractivity contribution >= 4 is 11.6 Å². The summed E-state index contributed by atoms with van der Waals surface area (Å²) in [6, 6.07) is 5.74. The fourth-order valence-corrected chi connectivity index (χ4v) is 2.57. The molecule has 4 heteroatoms. The third-order valence-corrected chi connectivity index (χ3v) is 3.68. The van der Waals surface area contributed by atoms with Crippen molar-refractivity contribution in [2.24, 2.45) is 0 Å². The minimum atomic E-state index is -0.0376. The summed E-state index contributed by atoms with van der Waals surface area (Å²) < 4.78 is 17.1. The quantitative estimate of drug-likeness (QED) is 0.770. The summed E-state index contributed by atoms with van der Waals surface area (Å²) in [5.74, 6) is 1.85. The van der Waals surface area contributed by atoms with Crippen molar-refractivity contribution in [3.8, 4) is 11.5 Å². The van der Waals surface area contributed by atoms with Gasteiger partial charge >= 0.3 is 0 Å². The van der Waals surface area contributed by atoms with Crippen LogP contribution in [0.5, 0.6) is 11.5 Å². The fourth-order valence-electron chi connectivity index (χ4n) is 2.36. The van der Waals surface area contributed by atoms with E-state index in [4.69, 9.17) is 25.8 Å². The molecular weight excluding hydrogens is 264 g/mol. The monoisotopic (exact) mass is 284 g/mol. The summed E-state index contributed by atoms with van der Waals surface area (Å²) in [6.07, 6.45) is 2.23. The van der Waals surface area contributed by atoms with Crippen molar-refractivity contribution in [1.82, 2.24) is 0 Å². The van der Waals surface area contributed by atoms with Crippen LogP contribution in [0.1, 0.15) is 32.3 Å². The molecule has 0 bridgehead atoms. The Labute approximate surface area is 119 Å². The first kappa shape index (κ1) is 14.5. The van der Waals surface area contributed by atoms with E-state index in [0.717, 1.165) is 29.9 Å². The van der Waals surface area contributed by atoms with E-state index in [2.05, 4.69) is 13.8 Å². The molecule has 1 heterocycles. The van der Waals surface area contributed by atoms with Gasteiger partial charge in [-0.3, -0.25) is 0 Å². The van der Waals surface area contributed by atoms with Gasteiger partial charge in [-0.2, -0.15) is 0 Å². The number of alkyl halides is 1. The molecule has 1 atom stereocenters. The largest absolute Gasteiger partial charge is 0.493 e. The molecule has 1 aromatic rings. The van der Waals surface area contributed by atoms with E-state index in [9.17, 15) is 0 Å². The van der Waals surface area contributed by atoms with Crippen molar-refractivity contribution in [1.29, 1.82) is 0 Å². The third-order valence-electron chi connectivity index (χ3n) is 3.39. The lowest BCUT2D eigenvalue weighted by atomic mass is 10.1. The van der Waals surface area contributed by atoms with Crippen LogP contribution in [0.25, 0.3) is 0 Å². The van der Waals surface area contributed by atoms with Crippen LogP contribution in [0, 0.1) is 0 Å². The smallest absolute Gasteiger partial charge is 0.165 e. The summed E-state index contributed by atoms with van der Waals surface area (Å²) in [5.41, 5.74) is 0.905. The molecule has 0 spiro atoms. The van der Waals surface area contributed by atoms with Crippen molar-refractivity contribution in [3.63, 3.8) is 0 Å². The van der Waals surface area contributed by atoms with Gasteiger partial charge in [0.25, 0.3) is 0 Å². The number of methoxy groups -OCH3 is 1. The standard InChI is InChI=1S/C15H21ClO3/c1-15(2)8-7-12(19-15)10-18-14-11(9-16)5-4-6-13(14)17-3/h4-6,12H,7-10H2,1-3H3. The van der Waals surface area contributed by atoms with Crippen molar-refractivity contribution in [3.05, 3.63) is 23.8 Å². The molecule has 3 nitrogen and oxygen atoms in total. The van der Waals surface area contributed by atoms with Gasteiger partial charge in [0.15, 0.2) is 11.5 Å². The van der Waals surface area contributed by atoms with E-state index in [1.54, 1.807) is 7.11 Å². The van der Waals surface area contributed by atoms with Crippen LogP contribution in [0.2, 0.25) is 0 Å². The lowest BCUT2D eigenvalue weighted by Crippen LogP contribution is -2.24. The summed E-state index contributed by atoms with van der Waals surface area (Å²) in [4.78, 5) is 0. The van der Waals surface area contributed by atoms with Gasteiger partial charge in [-0.15, -0.1) is 11.6 Å². The summed E-state index contributed by atoms with van der Waals surface area (Å²) in [6.45, 7) is 4.76. The Balaban J connectivity index is 2.03. The topological polar surface area (TPSA) is 27.7 Å². The Hall–Kier alpha value is -0.930. The molecule has 106 valence electrons. The minimum absolute atomic E-state index is 0.0376. The number of para-hydroxylation sites is 1. The average Bonchev–Trinajstić information content (AvgIpc) is 2.75. The molecule has 1 aromatic carbocycles. The van der Waals surface area contributed by atoms with Gasteiger partial charge in [-0.05, 0) is 32.8 Å². The predicted octanol–water partition coefficient (Wildman–Crippen LogP) is 3.77. The number of ether oxygens (including phenoxy) is 3. The number of hydrogen-bond donors (Lipinski definition) is 0. The zero-order valence-electron chi connectivity index (χ0n) is 11.7. The van der Waals surface area contributed by atoms with E-state index in [1.165, 1.54) is 0 Å². The SMILES string of the molecule is COc1cccc(CCl)c1OCC1CCC(C)(C)O1. The van der Waals surface area contributed by atoms with Crippen LogP contribution in [-0.4, -0.2) is 25.4 Å². The molecular formula is C15H21ClO3. The number of rotatable bonds is 5. The van der Waals surface area contributed by atoms with Crippen LogP contribution in [0.15, 0.2) is 18.2 Å². The Morgan fingerprint density at radius 2 is 2.21 bits per heavy atom. The molecule has 0 amide bonds. The maximum atomic E-state index is 5.93. The van der Waals surface area contributed by atoms with Gasteiger partial charge in [0.2, 0.25) is 0 Å². The van der Waals surface area contributed by atoms with Crippen molar-refractivity contribution < 1.29 is 14.2 Å². The van der Waals surface area contributed by atoms with E-state index < -0.39 is 0 Å². The van der Waals surface area contributed by atoms with Crippen LogP contribution >= 0.6 is 11.6 Å². The van der Waals surface area contributed by atoms with E-state index in [0.29, 0.717) is 12.5 Å². The molecule has 0 radical (unpaired) electrons. The van der Waals surface area contributed by atoms with Crippen LogP contribution in [-0.2, 0) is 10.6 Å². The second-order valence-electron chi connectivity index (χ2n) is 5.43. The van der Waals surface area contributed by atoms with Crippen LogP contribution in [0.3, 0.4) is 0 Å². The second-order valence-corrected chi connectivity index (χ2v) is 5.70. The lowest BCUT2D eigenvalue weighted by Gasteiger charge is -2.20. The summed E-state index contributed by atoms with van der Waals surface area (Å²) in [5, 5.41) is 0. The zero-order valence-corrected chi connectivity index (χ0v) is 12.5. The minimum Gasteiger partial charge on any atom is -0.493 e. The summed E-state index contributed by atoms with van der Waals surface area (Å²) >= 11 is 5.93. The molecule has 0 aromatic heterocycles. The highest BCUT2D eigenvalue weighted by Crippen LogP contribution is 2.34. The molecule has 0 N–H and O–H groups in total. The summed E-state index contributed by atoms with van der Waals surface area (Å²) in [7, 11) is 1.63. The van der Waals surface area contributed by atoms with E-state index in [-0.39, 0.29) is 11.7 Å². The predicted molar refractivity (Wildman–Crippen MR) is 76.2 cm³/mol. The third kappa shape index (κ3) is 3.54. The lowest BCUT2D eigenvalue weighted by molar-refractivity contribution is -0.0329. The molecule has 1 saturated heterocycles. The van der Waals surface area contributed by atoms with Gasteiger partial charge in [-0.1, -0.05) is 12.1 Å². The Bertz CT molecular complexity index is 409. The van der Waals surface area contributed by atoms with Gasteiger partial charge in [0, 0.05) is 5.56 Å².